The van der Waals surface area contributed by atoms with Gasteiger partial charge in [0.25, 0.3) is 0 Å². The summed E-state index contributed by atoms with van der Waals surface area (Å²) in [5, 5.41) is 6.33. The van der Waals surface area contributed by atoms with E-state index >= 15 is 0 Å². The van der Waals surface area contributed by atoms with Crippen LogP contribution in [0.1, 0.15) is 37.6 Å². The van der Waals surface area contributed by atoms with E-state index in [-0.39, 0.29) is 0 Å². The van der Waals surface area contributed by atoms with Crippen molar-refractivity contribution in [3.8, 4) is 16.8 Å². The number of hydrogen-bond acceptors (Lipinski definition) is 1. The smallest absolute Gasteiger partial charge is 0.0619 e. The first kappa shape index (κ1) is 26.9. The third-order valence-corrected chi connectivity index (χ3v) is 9.46. The molecule has 1 nitrogen and oxygen atoms in total. The topological polar surface area (TPSA) is 4.93 Å². The molecular weight excluding hydrogens is 539 g/mol. The van der Waals surface area contributed by atoms with E-state index in [1.54, 1.807) is 0 Å². The lowest BCUT2D eigenvalue weighted by atomic mass is 9.97. The number of aromatic nitrogens is 1. The van der Waals surface area contributed by atoms with E-state index in [0.29, 0.717) is 0 Å². The van der Waals surface area contributed by atoms with E-state index in [1.165, 1.54) is 64.1 Å². The fourth-order valence-electron chi connectivity index (χ4n) is 6.41. The minimum absolute atomic E-state index is 1.13. The molecular formula is C41H33NS. The Hall–Kier alpha value is -4.92. The molecule has 0 unspecified atom stereocenters. The van der Waals surface area contributed by atoms with Crippen LogP contribution in [0.5, 0.6) is 0 Å². The highest BCUT2D eigenvalue weighted by molar-refractivity contribution is 7.25. The predicted octanol–water partition coefficient (Wildman–Crippen LogP) is 12.5. The summed E-state index contributed by atoms with van der Waals surface area (Å²) in [7, 11) is 0. The number of benzene rings is 5. The Morgan fingerprint density at radius 1 is 0.698 bits per heavy atom. The number of rotatable bonds is 6. The molecule has 0 saturated heterocycles. The average molecular weight is 572 g/mol. The zero-order chi connectivity index (χ0) is 29.5. The van der Waals surface area contributed by atoms with Crippen molar-refractivity contribution in [1.29, 1.82) is 0 Å². The molecule has 7 aromatic rings. The van der Waals surface area contributed by atoms with Crippen molar-refractivity contribution in [2.45, 2.75) is 20.8 Å². The number of nitrogens with zero attached hydrogens (tertiary/aromatic N) is 1. The standard InChI is InChI=1S/C41H33NS/c1-5-14-27(7-3)30-22-31(28-16-10-9-11-17-28)24-32(23-30)42-38(15-6-2)33(8-4)35-21-20-29-25-40-37(26-36(29)41(35)42)34-18-12-13-19-39(34)43-40/h5-26H,4H2,1-3H3/b14-5-,15-6-,27-7+. The summed E-state index contributed by atoms with van der Waals surface area (Å²) in [5.74, 6) is 0. The van der Waals surface area contributed by atoms with Crippen LogP contribution in [-0.2, 0) is 0 Å². The molecule has 0 radical (unpaired) electrons. The van der Waals surface area contributed by atoms with E-state index in [9.17, 15) is 0 Å². The largest absolute Gasteiger partial charge is 0.309 e. The lowest BCUT2D eigenvalue weighted by molar-refractivity contribution is 1.11. The first-order valence-electron chi connectivity index (χ1n) is 14.8. The molecule has 0 aliphatic rings. The Balaban J connectivity index is 1.64. The predicted molar refractivity (Wildman–Crippen MR) is 192 cm³/mol. The van der Waals surface area contributed by atoms with Crippen molar-refractivity contribution in [3.63, 3.8) is 0 Å². The monoisotopic (exact) mass is 571 g/mol. The molecule has 2 aromatic heterocycles. The van der Waals surface area contributed by atoms with Gasteiger partial charge in [-0.1, -0.05) is 97.6 Å². The highest BCUT2D eigenvalue weighted by Gasteiger charge is 2.20. The molecule has 2 heterocycles. The van der Waals surface area contributed by atoms with Gasteiger partial charge in [0.2, 0.25) is 0 Å². The summed E-state index contributed by atoms with van der Waals surface area (Å²) in [4.78, 5) is 0. The number of thiophene rings is 1. The van der Waals surface area contributed by atoms with Crippen LogP contribution in [0.3, 0.4) is 0 Å². The summed E-state index contributed by atoms with van der Waals surface area (Å²) in [6.45, 7) is 10.6. The summed E-state index contributed by atoms with van der Waals surface area (Å²) in [6, 6.07) is 35.7. The zero-order valence-corrected chi connectivity index (χ0v) is 25.6. The molecule has 0 aliphatic heterocycles. The Morgan fingerprint density at radius 3 is 2.28 bits per heavy atom. The second-order valence-corrected chi connectivity index (χ2v) is 11.9. The molecule has 0 N–H and O–H groups in total. The van der Waals surface area contributed by atoms with Gasteiger partial charge in [-0.25, -0.2) is 0 Å². The van der Waals surface area contributed by atoms with Crippen LogP contribution in [0.15, 0.2) is 128 Å². The molecule has 0 saturated carbocycles. The minimum atomic E-state index is 1.13. The molecule has 0 fully saturated rings. The maximum atomic E-state index is 4.28. The van der Waals surface area contributed by atoms with E-state index < -0.39 is 0 Å². The molecule has 43 heavy (non-hydrogen) atoms. The molecule has 0 bridgehead atoms. The van der Waals surface area contributed by atoms with Gasteiger partial charge in [-0.3, -0.25) is 0 Å². The number of hydrogen-bond donors (Lipinski definition) is 0. The van der Waals surface area contributed by atoms with Gasteiger partial charge in [-0.15, -0.1) is 11.3 Å². The fourth-order valence-corrected chi connectivity index (χ4v) is 7.55. The lowest BCUT2D eigenvalue weighted by Crippen LogP contribution is -2.00. The van der Waals surface area contributed by atoms with Gasteiger partial charge >= 0.3 is 0 Å². The van der Waals surface area contributed by atoms with Gasteiger partial charge < -0.3 is 4.57 Å². The van der Waals surface area contributed by atoms with Crippen LogP contribution in [-0.4, -0.2) is 4.57 Å². The van der Waals surface area contributed by atoms with E-state index in [0.717, 1.165) is 16.9 Å². The number of allylic oxidation sites excluding steroid dienone is 5. The Kier molecular flexibility index (Phi) is 6.93. The first-order valence-corrected chi connectivity index (χ1v) is 15.6. The van der Waals surface area contributed by atoms with Crippen LogP contribution in [0.4, 0.5) is 0 Å². The van der Waals surface area contributed by atoms with Crippen molar-refractivity contribution in [2.24, 2.45) is 0 Å². The summed E-state index contributed by atoms with van der Waals surface area (Å²) < 4.78 is 5.10. The van der Waals surface area contributed by atoms with Crippen molar-refractivity contribution >= 4 is 70.9 Å². The zero-order valence-electron chi connectivity index (χ0n) is 24.8. The molecule has 0 spiro atoms. The SMILES string of the molecule is C=Cc1c(/C=C\C)n(-c2cc(C(/C=C\C)=C/C)cc(-c3ccccc3)c2)c2c1ccc1cc3sc4ccccc4c3cc12. The maximum Gasteiger partial charge on any atom is 0.0619 e. The highest BCUT2D eigenvalue weighted by Crippen LogP contribution is 2.42. The number of fused-ring (bicyclic) bond motifs is 6. The van der Waals surface area contributed by atoms with Gasteiger partial charge in [0.1, 0.15) is 0 Å². The second-order valence-electron chi connectivity index (χ2n) is 10.8. The second kappa shape index (κ2) is 11.1. The molecule has 208 valence electrons. The molecule has 0 amide bonds. The normalized spacial score (nSPS) is 12.6. The van der Waals surface area contributed by atoms with Gasteiger partial charge in [0.15, 0.2) is 0 Å². The first-order chi connectivity index (χ1) is 21.1. The average Bonchev–Trinajstić information content (AvgIpc) is 3.57. The quantitative estimate of drug-likeness (QED) is 0.175. The van der Waals surface area contributed by atoms with Crippen molar-refractivity contribution in [2.75, 3.05) is 0 Å². The van der Waals surface area contributed by atoms with Gasteiger partial charge in [0.05, 0.1) is 11.2 Å². The van der Waals surface area contributed by atoms with Gasteiger partial charge in [-0.2, -0.15) is 0 Å². The Morgan fingerprint density at radius 2 is 1.51 bits per heavy atom. The van der Waals surface area contributed by atoms with Crippen LogP contribution >= 0.6 is 11.3 Å². The van der Waals surface area contributed by atoms with E-state index in [1.807, 2.05) is 17.4 Å². The molecule has 7 rings (SSSR count). The molecule has 5 aromatic carbocycles. The Bertz CT molecular complexity index is 2270. The molecule has 0 aliphatic carbocycles. The van der Waals surface area contributed by atoms with Crippen LogP contribution < -0.4 is 0 Å². The van der Waals surface area contributed by atoms with Crippen molar-refractivity contribution in [1.82, 2.24) is 4.57 Å². The summed E-state index contributed by atoms with van der Waals surface area (Å²) in [5.41, 5.74) is 9.41. The lowest BCUT2D eigenvalue weighted by Gasteiger charge is -2.16. The molecule has 2 heteroatoms. The fraction of sp³-hybridized carbons (Fsp3) is 0.0732. The van der Waals surface area contributed by atoms with Crippen LogP contribution in [0, 0.1) is 0 Å². The third kappa shape index (κ3) is 4.47. The Labute approximate surface area is 257 Å². The van der Waals surface area contributed by atoms with Crippen LogP contribution in [0.25, 0.3) is 76.4 Å². The minimum Gasteiger partial charge on any atom is -0.309 e. The van der Waals surface area contributed by atoms with Crippen molar-refractivity contribution < 1.29 is 0 Å². The third-order valence-electron chi connectivity index (χ3n) is 8.32. The van der Waals surface area contributed by atoms with Crippen molar-refractivity contribution in [3.05, 3.63) is 145 Å². The van der Waals surface area contributed by atoms with E-state index in [4.69, 9.17) is 0 Å². The van der Waals surface area contributed by atoms with Crippen LogP contribution in [0.2, 0.25) is 0 Å². The van der Waals surface area contributed by atoms with E-state index in [2.05, 4.69) is 159 Å². The van der Waals surface area contributed by atoms with Gasteiger partial charge in [0, 0.05) is 42.2 Å². The van der Waals surface area contributed by atoms with Gasteiger partial charge in [-0.05, 0) is 90.9 Å². The summed E-state index contributed by atoms with van der Waals surface area (Å²) >= 11 is 1.87. The maximum absolute atomic E-state index is 4.28. The highest BCUT2D eigenvalue weighted by atomic mass is 32.1. The summed E-state index contributed by atoms with van der Waals surface area (Å²) in [6.07, 6.45) is 12.9. The molecule has 0 atom stereocenters.